The largest absolute Gasteiger partial charge is 0.357 e. The highest BCUT2D eigenvalue weighted by Crippen LogP contribution is 2.35. The van der Waals surface area contributed by atoms with Gasteiger partial charge in [-0.15, -0.1) is 0 Å². The maximum Gasteiger partial charge on any atom is 0.149 e. The van der Waals surface area contributed by atoms with Crippen LogP contribution in [0.1, 0.15) is 62.6 Å². The Bertz CT molecular complexity index is 627. The van der Waals surface area contributed by atoms with Gasteiger partial charge < -0.3 is 4.90 Å². The van der Waals surface area contributed by atoms with Crippen LogP contribution in [0.3, 0.4) is 0 Å². The molecule has 1 aromatic heterocycles. The quantitative estimate of drug-likeness (QED) is 0.768. The third kappa shape index (κ3) is 3.25. The van der Waals surface area contributed by atoms with Crippen LogP contribution in [0.4, 0.5) is 5.82 Å². The lowest BCUT2D eigenvalue weighted by Gasteiger charge is -2.39. The molecule has 1 saturated carbocycles. The lowest BCUT2D eigenvalue weighted by molar-refractivity contribution is 0.141. The van der Waals surface area contributed by atoms with Gasteiger partial charge >= 0.3 is 0 Å². The lowest BCUT2D eigenvalue weighted by atomic mass is 9.90. The van der Waals surface area contributed by atoms with E-state index in [1.54, 1.807) is 0 Å². The monoisotopic (exact) mass is 346 g/mol. The first-order valence-electron chi connectivity index (χ1n) is 9.29. The first-order chi connectivity index (χ1) is 11.7. The Labute approximate surface area is 150 Å². The molecular formula is C19H27ClN4. The first kappa shape index (κ1) is 17.5. The molecule has 0 aromatic carbocycles. The highest BCUT2D eigenvalue weighted by atomic mass is 35.5. The third-order valence-electron chi connectivity index (χ3n) is 5.62. The minimum atomic E-state index is 0.365. The minimum Gasteiger partial charge on any atom is -0.357 e. The average Bonchev–Trinajstić information content (AvgIpc) is 2.63. The smallest absolute Gasteiger partial charge is 0.149 e. The van der Waals surface area contributed by atoms with Crippen molar-refractivity contribution in [3.8, 4) is 6.07 Å². The number of hydrogen-bond donors (Lipinski definition) is 0. The van der Waals surface area contributed by atoms with E-state index in [2.05, 4.69) is 34.7 Å². The Morgan fingerprint density at radius 3 is 2.54 bits per heavy atom. The van der Waals surface area contributed by atoms with Crippen molar-refractivity contribution >= 4 is 17.4 Å². The molecular weight excluding hydrogens is 320 g/mol. The van der Waals surface area contributed by atoms with E-state index in [0.717, 1.165) is 44.0 Å². The number of rotatable bonds is 4. The molecule has 0 atom stereocenters. The van der Waals surface area contributed by atoms with Crippen LogP contribution in [0.25, 0.3) is 0 Å². The zero-order chi connectivity index (χ0) is 17.1. The fourth-order valence-electron chi connectivity index (χ4n) is 4.26. The summed E-state index contributed by atoms with van der Waals surface area (Å²) in [6.07, 6.45) is 7.59. The molecule has 3 rings (SSSR count). The van der Waals surface area contributed by atoms with Gasteiger partial charge in [-0.25, -0.2) is 4.98 Å². The number of anilines is 1. The molecule has 2 heterocycles. The van der Waals surface area contributed by atoms with Crippen LogP contribution in [0.2, 0.25) is 5.15 Å². The standard InChI is InChI=1S/C19H27ClN4/c1-3-23(4-2)19-17-13-24(14-8-6-5-7-9-14)11-10-15(17)16(12-21)18(20)22-19/h14H,3-11,13H2,1-2H3. The molecule has 5 heteroatoms. The first-order valence-corrected chi connectivity index (χ1v) is 9.67. The number of pyridine rings is 1. The van der Waals surface area contributed by atoms with Gasteiger partial charge in [-0.05, 0) is 38.7 Å². The van der Waals surface area contributed by atoms with E-state index in [0.29, 0.717) is 16.8 Å². The summed E-state index contributed by atoms with van der Waals surface area (Å²) in [4.78, 5) is 9.50. The molecule has 24 heavy (non-hydrogen) atoms. The van der Waals surface area contributed by atoms with Crippen LogP contribution in [0.15, 0.2) is 0 Å². The van der Waals surface area contributed by atoms with Crippen LogP contribution in [0.5, 0.6) is 0 Å². The summed E-state index contributed by atoms with van der Waals surface area (Å²) in [7, 11) is 0. The molecule has 4 nitrogen and oxygen atoms in total. The van der Waals surface area contributed by atoms with Crippen molar-refractivity contribution in [3.63, 3.8) is 0 Å². The number of aromatic nitrogens is 1. The summed E-state index contributed by atoms with van der Waals surface area (Å²) in [6, 6.07) is 2.98. The summed E-state index contributed by atoms with van der Waals surface area (Å²) in [5.74, 6) is 0.986. The second-order valence-electron chi connectivity index (χ2n) is 6.85. The average molecular weight is 347 g/mol. The highest BCUT2D eigenvalue weighted by molar-refractivity contribution is 6.30. The van der Waals surface area contributed by atoms with E-state index in [4.69, 9.17) is 11.6 Å². The highest BCUT2D eigenvalue weighted by Gasteiger charge is 2.30. The summed E-state index contributed by atoms with van der Waals surface area (Å²) in [6.45, 7) is 8.04. The van der Waals surface area contributed by atoms with Crippen molar-refractivity contribution in [2.45, 2.75) is 65.0 Å². The molecule has 1 aliphatic carbocycles. The van der Waals surface area contributed by atoms with E-state index in [1.807, 2.05) is 0 Å². The molecule has 0 amide bonds. The van der Waals surface area contributed by atoms with E-state index in [-0.39, 0.29) is 0 Å². The maximum atomic E-state index is 9.53. The fourth-order valence-corrected chi connectivity index (χ4v) is 4.50. The van der Waals surface area contributed by atoms with Crippen molar-refractivity contribution in [1.29, 1.82) is 5.26 Å². The van der Waals surface area contributed by atoms with Gasteiger partial charge in [0, 0.05) is 37.8 Å². The molecule has 0 saturated heterocycles. The van der Waals surface area contributed by atoms with Crippen LogP contribution < -0.4 is 4.90 Å². The van der Waals surface area contributed by atoms with Gasteiger partial charge in [0.25, 0.3) is 0 Å². The predicted molar refractivity (Wildman–Crippen MR) is 98.5 cm³/mol. The van der Waals surface area contributed by atoms with Crippen LogP contribution >= 0.6 is 11.6 Å². The molecule has 0 unspecified atom stereocenters. The van der Waals surface area contributed by atoms with E-state index in [9.17, 15) is 5.26 Å². The molecule has 2 aliphatic rings. The summed E-state index contributed by atoms with van der Waals surface area (Å²) in [5.41, 5.74) is 2.95. The van der Waals surface area contributed by atoms with Crippen molar-refractivity contribution in [1.82, 2.24) is 9.88 Å². The summed E-state index contributed by atoms with van der Waals surface area (Å²) >= 11 is 6.34. The number of hydrogen-bond acceptors (Lipinski definition) is 4. The zero-order valence-electron chi connectivity index (χ0n) is 14.8. The van der Waals surface area contributed by atoms with Crippen LogP contribution in [-0.2, 0) is 13.0 Å². The van der Waals surface area contributed by atoms with Crippen LogP contribution in [0, 0.1) is 11.3 Å². The summed E-state index contributed by atoms with van der Waals surface area (Å²) in [5, 5.41) is 9.90. The Hall–Kier alpha value is -1.31. The van der Waals surface area contributed by atoms with E-state index < -0.39 is 0 Å². The van der Waals surface area contributed by atoms with Crippen molar-refractivity contribution in [3.05, 3.63) is 21.8 Å². The number of halogens is 1. The molecule has 0 bridgehead atoms. The lowest BCUT2D eigenvalue weighted by Crippen LogP contribution is -2.41. The van der Waals surface area contributed by atoms with Crippen molar-refractivity contribution < 1.29 is 0 Å². The summed E-state index contributed by atoms with van der Waals surface area (Å²) < 4.78 is 0. The van der Waals surface area contributed by atoms with Crippen molar-refractivity contribution in [2.75, 3.05) is 24.5 Å². The second-order valence-corrected chi connectivity index (χ2v) is 7.21. The van der Waals surface area contributed by atoms with Gasteiger partial charge in [0.2, 0.25) is 0 Å². The van der Waals surface area contributed by atoms with E-state index in [1.165, 1.54) is 37.7 Å². The van der Waals surface area contributed by atoms with Gasteiger partial charge in [0.15, 0.2) is 0 Å². The zero-order valence-corrected chi connectivity index (χ0v) is 15.6. The Morgan fingerprint density at radius 2 is 1.92 bits per heavy atom. The van der Waals surface area contributed by atoms with E-state index >= 15 is 0 Å². The van der Waals surface area contributed by atoms with Crippen LogP contribution in [-0.4, -0.2) is 35.6 Å². The van der Waals surface area contributed by atoms with Gasteiger partial charge in [-0.2, -0.15) is 5.26 Å². The molecule has 1 fully saturated rings. The molecule has 0 spiro atoms. The van der Waals surface area contributed by atoms with Gasteiger partial charge in [0.05, 0.1) is 5.56 Å². The molecule has 130 valence electrons. The Morgan fingerprint density at radius 1 is 1.21 bits per heavy atom. The molecule has 0 N–H and O–H groups in total. The SMILES string of the molecule is CCN(CC)c1nc(Cl)c(C#N)c2c1CN(C1CCCCC1)CC2. The topological polar surface area (TPSA) is 43.2 Å². The number of nitrogens with zero attached hydrogens (tertiary/aromatic N) is 4. The molecule has 1 aromatic rings. The minimum absolute atomic E-state index is 0.365. The fraction of sp³-hybridized carbons (Fsp3) is 0.684. The molecule has 1 aliphatic heterocycles. The number of nitriles is 1. The molecule has 0 radical (unpaired) electrons. The predicted octanol–water partition coefficient (Wildman–Crippen LogP) is 4.14. The van der Waals surface area contributed by atoms with Crippen molar-refractivity contribution in [2.24, 2.45) is 0 Å². The third-order valence-corrected chi connectivity index (χ3v) is 5.90. The van der Waals surface area contributed by atoms with Gasteiger partial charge in [-0.1, -0.05) is 30.9 Å². The normalized spacial score (nSPS) is 18.9. The van der Waals surface area contributed by atoms with Gasteiger partial charge in [-0.3, -0.25) is 4.90 Å². The Balaban J connectivity index is 1.98. The Kier molecular flexibility index (Phi) is 5.63. The number of fused-ring (bicyclic) bond motifs is 1. The maximum absolute atomic E-state index is 9.53. The second kappa shape index (κ2) is 7.72. The van der Waals surface area contributed by atoms with Gasteiger partial charge in [0.1, 0.15) is 17.0 Å².